The van der Waals surface area contributed by atoms with Crippen LogP contribution in [0.15, 0.2) is 35.9 Å². The van der Waals surface area contributed by atoms with E-state index in [0.29, 0.717) is 11.7 Å². The van der Waals surface area contributed by atoms with E-state index < -0.39 is 0 Å². The standard InChI is InChI=1S/C27H35FN2O/c1-17(2)29-26-12-11-21(16-25(26)28)24-15-18(3)22(13-19(24)4)14-20(5)27(31)30-23-9-7-6-8-10-23/h11-17,23,29H,6-10H2,1-5H3,(H,30,31). The molecule has 2 aromatic rings. The third-order valence-electron chi connectivity index (χ3n) is 6.01. The Morgan fingerprint density at radius 3 is 2.42 bits per heavy atom. The number of benzene rings is 2. The van der Waals surface area contributed by atoms with E-state index in [1.54, 1.807) is 12.1 Å². The molecule has 1 aliphatic rings. The summed E-state index contributed by atoms with van der Waals surface area (Å²) in [4.78, 5) is 12.6. The molecule has 166 valence electrons. The van der Waals surface area contributed by atoms with Gasteiger partial charge in [-0.25, -0.2) is 4.39 Å². The lowest BCUT2D eigenvalue weighted by Crippen LogP contribution is -2.36. The van der Waals surface area contributed by atoms with Crippen molar-refractivity contribution in [2.75, 3.05) is 5.32 Å². The minimum Gasteiger partial charge on any atom is -0.381 e. The number of halogens is 1. The zero-order chi connectivity index (χ0) is 22.5. The van der Waals surface area contributed by atoms with Crippen LogP contribution < -0.4 is 10.6 Å². The fourth-order valence-electron chi connectivity index (χ4n) is 4.26. The predicted molar refractivity (Wildman–Crippen MR) is 129 cm³/mol. The Balaban J connectivity index is 1.80. The van der Waals surface area contributed by atoms with Gasteiger partial charge in [0.2, 0.25) is 5.91 Å². The SMILES string of the molecule is CC(=Cc1cc(C)c(-c2ccc(NC(C)C)c(F)c2)cc1C)C(=O)NC1CCCCC1. The Labute approximate surface area is 186 Å². The number of anilines is 1. The number of aryl methyl sites for hydroxylation is 2. The first kappa shape index (κ1) is 23.1. The lowest BCUT2D eigenvalue weighted by Gasteiger charge is -2.23. The summed E-state index contributed by atoms with van der Waals surface area (Å²) in [6, 6.07) is 9.98. The summed E-state index contributed by atoms with van der Waals surface area (Å²) in [6.45, 7) is 9.92. The summed E-state index contributed by atoms with van der Waals surface area (Å²) in [5.74, 6) is -0.231. The molecule has 0 aromatic heterocycles. The van der Waals surface area contributed by atoms with Gasteiger partial charge in [-0.2, -0.15) is 0 Å². The first-order chi connectivity index (χ1) is 14.7. The van der Waals surface area contributed by atoms with Crippen molar-refractivity contribution in [1.82, 2.24) is 5.32 Å². The maximum Gasteiger partial charge on any atom is 0.247 e. The first-order valence-electron chi connectivity index (χ1n) is 11.4. The summed E-state index contributed by atoms with van der Waals surface area (Å²) in [5, 5.41) is 6.31. The van der Waals surface area contributed by atoms with Crippen molar-refractivity contribution in [1.29, 1.82) is 0 Å². The highest BCUT2D eigenvalue weighted by molar-refractivity contribution is 5.97. The van der Waals surface area contributed by atoms with Gasteiger partial charge in [0, 0.05) is 17.7 Å². The largest absolute Gasteiger partial charge is 0.381 e. The van der Waals surface area contributed by atoms with Crippen molar-refractivity contribution in [2.45, 2.75) is 78.8 Å². The third kappa shape index (κ3) is 5.96. The molecule has 31 heavy (non-hydrogen) atoms. The zero-order valence-corrected chi connectivity index (χ0v) is 19.4. The molecule has 3 rings (SSSR count). The number of carbonyl (C=O) groups is 1. The van der Waals surface area contributed by atoms with Gasteiger partial charge in [0.25, 0.3) is 0 Å². The van der Waals surface area contributed by atoms with E-state index in [0.717, 1.165) is 46.2 Å². The van der Waals surface area contributed by atoms with Crippen LogP contribution in [0, 0.1) is 19.7 Å². The predicted octanol–water partition coefficient (Wildman–Crippen LogP) is 6.78. The Morgan fingerprint density at radius 2 is 1.77 bits per heavy atom. The highest BCUT2D eigenvalue weighted by Crippen LogP contribution is 2.30. The Kier molecular flexibility index (Phi) is 7.53. The quantitative estimate of drug-likeness (QED) is 0.504. The van der Waals surface area contributed by atoms with Crippen molar-refractivity contribution in [3.05, 3.63) is 58.4 Å². The maximum atomic E-state index is 14.5. The fourth-order valence-corrected chi connectivity index (χ4v) is 4.26. The van der Waals surface area contributed by atoms with Crippen LogP contribution in [0.25, 0.3) is 17.2 Å². The normalized spacial score (nSPS) is 15.3. The first-order valence-corrected chi connectivity index (χ1v) is 11.4. The minimum absolute atomic E-state index is 0.0170. The number of rotatable bonds is 6. The molecule has 0 aliphatic heterocycles. The molecule has 0 spiro atoms. The van der Waals surface area contributed by atoms with Gasteiger partial charge >= 0.3 is 0 Å². The lowest BCUT2D eigenvalue weighted by atomic mass is 9.93. The van der Waals surface area contributed by atoms with Gasteiger partial charge < -0.3 is 10.6 Å². The van der Waals surface area contributed by atoms with E-state index in [1.807, 2.05) is 46.8 Å². The van der Waals surface area contributed by atoms with Gasteiger partial charge in [0.15, 0.2) is 0 Å². The molecule has 1 aliphatic carbocycles. The highest BCUT2D eigenvalue weighted by Gasteiger charge is 2.17. The minimum atomic E-state index is -0.248. The molecule has 0 bridgehead atoms. The summed E-state index contributed by atoms with van der Waals surface area (Å²) < 4.78 is 14.5. The van der Waals surface area contributed by atoms with E-state index in [-0.39, 0.29) is 17.8 Å². The van der Waals surface area contributed by atoms with Gasteiger partial charge in [-0.05, 0) is 93.5 Å². The Morgan fingerprint density at radius 1 is 1.06 bits per heavy atom. The third-order valence-corrected chi connectivity index (χ3v) is 6.01. The van der Waals surface area contributed by atoms with Gasteiger partial charge in [0.05, 0.1) is 5.69 Å². The Hall–Kier alpha value is -2.62. The molecule has 1 saturated carbocycles. The van der Waals surface area contributed by atoms with Crippen LogP contribution in [0.5, 0.6) is 0 Å². The zero-order valence-electron chi connectivity index (χ0n) is 19.4. The van der Waals surface area contributed by atoms with Crippen LogP contribution in [-0.4, -0.2) is 18.0 Å². The summed E-state index contributed by atoms with van der Waals surface area (Å²) >= 11 is 0. The second kappa shape index (κ2) is 10.1. The smallest absolute Gasteiger partial charge is 0.247 e. The molecular formula is C27H35FN2O. The molecule has 3 nitrogen and oxygen atoms in total. The fraction of sp³-hybridized carbons (Fsp3) is 0.444. The van der Waals surface area contributed by atoms with E-state index >= 15 is 0 Å². The molecule has 0 unspecified atom stereocenters. The molecular weight excluding hydrogens is 387 g/mol. The number of hydrogen-bond donors (Lipinski definition) is 2. The molecule has 1 fully saturated rings. The molecule has 2 aromatic carbocycles. The lowest BCUT2D eigenvalue weighted by molar-refractivity contribution is -0.118. The van der Waals surface area contributed by atoms with Crippen molar-refractivity contribution in [3.8, 4) is 11.1 Å². The van der Waals surface area contributed by atoms with Gasteiger partial charge in [0.1, 0.15) is 5.82 Å². The van der Waals surface area contributed by atoms with Crippen molar-refractivity contribution in [3.63, 3.8) is 0 Å². The molecule has 0 radical (unpaired) electrons. The van der Waals surface area contributed by atoms with Crippen LogP contribution in [-0.2, 0) is 4.79 Å². The van der Waals surface area contributed by atoms with Crippen LogP contribution in [0.3, 0.4) is 0 Å². The maximum absolute atomic E-state index is 14.5. The van der Waals surface area contributed by atoms with Crippen LogP contribution in [0.1, 0.15) is 69.6 Å². The van der Waals surface area contributed by atoms with Gasteiger partial charge in [-0.3, -0.25) is 4.79 Å². The van der Waals surface area contributed by atoms with Crippen LogP contribution in [0.4, 0.5) is 10.1 Å². The topological polar surface area (TPSA) is 41.1 Å². The summed E-state index contributed by atoms with van der Waals surface area (Å²) in [7, 11) is 0. The van der Waals surface area contributed by atoms with Crippen molar-refractivity contribution < 1.29 is 9.18 Å². The monoisotopic (exact) mass is 422 g/mol. The van der Waals surface area contributed by atoms with Crippen molar-refractivity contribution in [2.24, 2.45) is 0 Å². The average Bonchev–Trinajstić information content (AvgIpc) is 2.72. The summed E-state index contributed by atoms with van der Waals surface area (Å²) in [5.41, 5.74) is 6.25. The average molecular weight is 423 g/mol. The van der Waals surface area contributed by atoms with Crippen LogP contribution in [0.2, 0.25) is 0 Å². The van der Waals surface area contributed by atoms with Crippen LogP contribution >= 0.6 is 0 Å². The van der Waals surface area contributed by atoms with E-state index in [9.17, 15) is 9.18 Å². The van der Waals surface area contributed by atoms with Gasteiger partial charge in [-0.15, -0.1) is 0 Å². The highest BCUT2D eigenvalue weighted by atomic mass is 19.1. The second-order valence-electron chi connectivity index (χ2n) is 9.15. The van der Waals surface area contributed by atoms with E-state index in [1.165, 1.54) is 19.3 Å². The molecule has 4 heteroatoms. The second-order valence-corrected chi connectivity index (χ2v) is 9.15. The van der Waals surface area contributed by atoms with Crippen molar-refractivity contribution >= 4 is 17.7 Å². The Bertz CT molecular complexity index is 971. The molecule has 1 amide bonds. The van der Waals surface area contributed by atoms with E-state index in [4.69, 9.17) is 0 Å². The molecule has 0 saturated heterocycles. The number of hydrogen-bond acceptors (Lipinski definition) is 2. The molecule has 2 N–H and O–H groups in total. The molecule has 0 atom stereocenters. The number of amides is 1. The van der Waals surface area contributed by atoms with Gasteiger partial charge in [-0.1, -0.05) is 37.5 Å². The van der Waals surface area contributed by atoms with E-state index in [2.05, 4.69) is 22.8 Å². The molecule has 0 heterocycles. The summed E-state index contributed by atoms with van der Waals surface area (Å²) in [6.07, 6.45) is 7.78. The number of nitrogens with one attached hydrogen (secondary N) is 2. The number of carbonyl (C=O) groups excluding carboxylic acids is 1.